The van der Waals surface area contributed by atoms with Gasteiger partial charge < -0.3 is 10.2 Å². The van der Waals surface area contributed by atoms with Crippen molar-refractivity contribution in [3.63, 3.8) is 0 Å². The lowest BCUT2D eigenvalue weighted by atomic mass is 9.89. The standard InChI is InChI=1S/C24H25F4N5O/c1-14-17(5-4-6-19(14)24(26,27)28)15(2)32-22-18-11-21(29-12-20(18)30-13-31-22)23(25)7-9-33(10-8-23)16(3)34/h4-6,11-13,15H,7-10H2,1-3H3,(H,30,31,32). The van der Waals surface area contributed by atoms with Crippen LogP contribution in [0, 0.1) is 6.92 Å². The molecule has 0 aliphatic carbocycles. The average molecular weight is 475 g/mol. The fraction of sp³-hybridized carbons (Fsp3) is 0.417. The number of fused-ring (bicyclic) bond motifs is 1. The number of rotatable bonds is 4. The zero-order valence-electron chi connectivity index (χ0n) is 19.1. The van der Waals surface area contributed by atoms with Gasteiger partial charge in [-0.1, -0.05) is 12.1 Å². The third kappa shape index (κ3) is 4.53. The number of likely N-dealkylation sites (tertiary alicyclic amines) is 1. The zero-order chi connectivity index (χ0) is 24.7. The largest absolute Gasteiger partial charge is 0.416 e. The first-order valence-corrected chi connectivity index (χ1v) is 11.0. The maximum Gasteiger partial charge on any atom is 0.416 e. The second-order valence-electron chi connectivity index (χ2n) is 8.66. The topological polar surface area (TPSA) is 71.0 Å². The van der Waals surface area contributed by atoms with Gasteiger partial charge in [0.1, 0.15) is 12.1 Å². The van der Waals surface area contributed by atoms with Crippen LogP contribution in [0.5, 0.6) is 0 Å². The lowest BCUT2D eigenvalue weighted by Gasteiger charge is -2.35. The normalized spacial score (nSPS) is 17.0. The van der Waals surface area contributed by atoms with Crippen molar-refractivity contribution in [1.29, 1.82) is 0 Å². The van der Waals surface area contributed by atoms with Gasteiger partial charge in [0.25, 0.3) is 0 Å². The zero-order valence-corrected chi connectivity index (χ0v) is 19.1. The lowest BCUT2D eigenvalue weighted by molar-refractivity contribution is -0.138. The third-order valence-corrected chi connectivity index (χ3v) is 6.48. The van der Waals surface area contributed by atoms with E-state index in [0.29, 0.717) is 35.4 Å². The molecule has 1 atom stereocenters. The van der Waals surface area contributed by atoms with Gasteiger partial charge in [0.2, 0.25) is 5.91 Å². The van der Waals surface area contributed by atoms with Gasteiger partial charge in [-0.15, -0.1) is 0 Å². The quantitative estimate of drug-likeness (QED) is 0.517. The molecular weight excluding hydrogens is 450 g/mol. The molecule has 1 unspecified atom stereocenters. The van der Waals surface area contributed by atoms with Gasteiger partial charge in [0.05, 0.1) is 29.0 Å². The summed E-state index contributed by atoms with van der Waals surface area (Å²) in [5, 5.41) is 3.69. The van der Waals surface area contributed by atoms with Crippen molar-refractivity contribution in [3.05, 3.63) is 59.2 Å². The number of benzene rings is 1. The number of aromatic nitrogens is 3. The van der Waals surface area contributed by atoms with Crippen molar-refractivity contribution in [2.45, 2.75) is 51.5 Å². The summed E-state index contributed by atoms with van der Waals surface area (Å²) in [7, 11) is 0. The average Bonchev–Trinajstić information content (AvgIpc) is 2.78. The van der Waals surface area contributed by atoms with Crippen molar-refractivity contribution in [1.82, 2.24) is 19.9 Å². The molecule has 180 valence electrons. The van der Waals surface area contributed by atoms with Crippen LogP contribution in [0.15, 0.2) is 36.8 Å². The Bertz CT molecular complexity index is 1220. The van der Waals surface area contributed by atoms with Crippen LogP contribution in [-0.2, 0) is 16.6 Å². The molecule has 4 rings (SSSR count). The van der Waals surface area contributed by atoms with Crippen molar-refractivity contribution in [2.75, 3.05) is 18.4 Å². The summed E-state index contributed by atoms with van der Waals surface area (Å²) in [6.45, 7) is 5.24. The smallest absolute Gasteiger partial charge is 0.363 e. The number of amides is 1. The molecule has 34 heavy (non-hydrogen) atoms. The minimum absolute atomic E-state index is 0.0905. The van der Waals surface area contributed by atoms with Gasteiger partial charge in [0.15, 0.2) is 5.67 Å². The molecule has 1 N–H and O–H groups in total. The van der Waals surface area contributed by atoms with Crippen LogP contribution in [0.1, 0.15) is 55.1 Å². The molecule has 1 fully saturated rings. The van der Waals surface area contributed by atoms with Crippen LogP contribution in [0.4, 0.5) is 23.4 Å². The SMILES string of the molecule is CC(=O)N1CCC(F)(c2cc3c(NC(C)c4cccc(C(F)(F)F)c4C)ncnc3cn2)CC1. The molecule has 1 aliphatic heterocycles. The van der Waals surface area contributed by atoms with Gasteiger partial charge in [-0.3, -0.25) is 9.78 Å². The number of anilines is 1. The van der Waals surface area contributed by atoms with E-state index in [4.69, 9.17) is 0 Å². The van der Waals surface area contributed by atoms with Gasteiger partial charge in [0, 0.05) is 38.2 Å². The highest BCUT2D eigenvalue weighted by atomic mass is 19.4. The Morgan fingerprint density at radius 2 is 1.88 bits per heavy atom. The summed E-state index contributed by atoms with van der Waals surface area (Å²) in [6.07, 6.45) is -1.40. The van der Waals surface area contributed by atoms with Gasteiger partial charge in [-0.25, -0.2) is 14.4 Å². The van der Waals surface area contributed by atoms with Crippen molar-refractivity contribution in [3.8, 4) is 0 Å². The van der Waals surface area contributed by atoms with Crippen molar-refractivity contribution >= 4 is 22.6 Å². The Labute approximate surface area is 194 Å². The number of piperidine rings is 1. The summed E-state index contributed by atoms with van der Waals surface area (Å²) in [5.74, 6) is 0.287. The van der Waals surface area contributed by atoms with Crippen LogP contribution < -0.4 is 5.32 Å². The monoisotopic (exact) mass is 475 g/mol. The second kappa shape index (κ2) is 8.81. The number of hydrogen-bond acceptors (Lipinski definition) is 5. The van der Waals surface area contributed by atoms with E-state index in [9.17, 15) is 18.0 Å². The lowest BCUT2D eigenvalue weighted by Crippen LogP contribution is -2.42. The molecule has 3 heterocycles. The fourth-order valence-corrected chi connectivity index (χ4v) is 4.46. The Kier molecular flexibility index (Phi) is 6.18. The van der Waals surface area contributed by atoms with Crippen molar-refractivity contribution in [2.24, 2.45) is 0 Å². The summed E-state index contributed by atoms with van der Waals surface area (Å²) < 4.78 is 55.8. The number of halogens is 4. The number of hydrogen-bond donors (Lipinski definition) is 1. The Balaban J connectivity index is 1.65. The van der Waals surface area contributed by atoms with Crippen LogP contribution in [0.3, 0.4) is 0 Å². The van der Waals surface area contributed by atoms with E-state index in [0.717, 1.165) is 6.07 Å². The predicted molar refractivity (Wildman–Crippen MR) is 120 cm³/mol. The maximum absolute atomic E-state index is 15.8. The molecule has 2 aromatic heterocycles. The Morgan fingerprint density at radius 3 is 2.53 bits per heavy atom. The van der Waals surface area contributed by atoms with E-state index in [1.54, 1.807) is 24.0 Å². The summed E-state index contributed by atoms with van der Waals surface area (Å²) in [5.41, 5.74) is -1.06. The minimum Gasteiger partial charge on any atom is -0.363 e. The molecule has 0 saturated carbocycles. The molecule has 6 nitrogen and oxygen atoms in total. The van der Waals surface area contributed by atoms with E-state index >= 15 is 4.39 Å². The number of alkyl halides is 4. The first-order valence-electron chi connectivity index (χ1n) is 11.0. The van der Waals surface area contributed by atoms with Crippen LogP contribution in [0.25, 0.3) is 10.9 Å². The second-order valence-corrected chi connectivity index (χ2v) is 8.66. The van der Waals surface area contributed by atoms with E-state index in [1.165, 1.54) is 32.4 Å². The Hall–Kier alpha value is -3.30. The molecule has 0 spiro atoms. The van der Waals surface area contributed by atoms with E-state index < -0.39 is 23.5 Å². The maximum atomic E-state index is 15.8. The van der Waals surface area contributed by atoms with Crippen LogP contribution in [-0.4, -0.2) is 38.8 Å². The first kappa shape index (κ1) is 23.8. The van der Waals surface area contributed by atoms with E-state index in [1.807, 2.05) is 0 Å². The summed E-state index contributed by atoms with van der Waals surface area (Å²) in [6, 6.07) is 5.16. The van der Waals surface area contributed by atoms with Gasteiger partial charge in [-0.2, -0.15) is 13.2 Å². The predicted octanol–water partition coefficient (Wildman–Crippen LogP) is 5.33. The minimum atomic E-state index is -4.45. The highest BCUT2D eigenvalue weighted by Gasteiger charge is 2.38. The molecule has 1 amide bonds. The fourth-order valence-electron chi connectivity index (χ4n) is 4.46. The first-order chi connectivity index (χ1) is 16.0. The molecule has 0 bridgehead atoms. The van der Waals surface area contributed by atoms with Crippen LogP contribution >= 0.6 is 0 Å². The molecule has 0 radical (unpaired) electrons. The van der Waals surface area contributed by atoms with Crippen molar-refractivity contribution < 1.29 is 22.4 Å². The Morgan fingerprint density at radius 1 is 1.18 bits per heavy atom. The molecule has 10 heteroatoms. The van der Waals surface area contributed by atoms with E-state index in [2.05, 4.69) is 20.3 Å². The van der Waals surface area contributed by atoms with Crippen LogP contribution in [0.2, 0.25) is 0 Å². The number of nitrogens with one attached hydrogen (secondary N) is 1. The number of pyridine rings is 1. The number of nitrogens with zero attached hydrogens (tertiary/aromatic N) is 4. The molecule has 1 aliphatic rings. The third-order valence-electron chi connectivity index (χ3n) is 6.48. The molecule has 1 saturated heterocycles. The van der Waals surface area contributed by atoms with Gasteiger partial charge in [-0.05, 0) is 37.1 Å². The summed E-state index contributed by atoms with van der Waals surface area (Å²) >= 11 is 0. The van der Waals surface area contributed by atoms with E-state index in [-0.39, 0.29) is 30.0 Å². The molecular formula is C24H25F4N5O. The highest BCUT2D eigenvalue weighted by Crippen LogP contribution is 2.38. The molecule has 3 aromatic rings. The number of carbonyl (C=O) groups is 1. The number of carbonyl (C=O) groups excluding carboxylic acids is 1. The van der Waals surface area contributed by atoms with Gasteiger partial charge >= 0.3 is 6.18 Å². The summed E-state index contributed by atoms with van der Waals surface area (Å²) in [4.78, 5) is 25.9. The highest BCUT2D eigenvalue weighted by molar-refractivity contribution is 5.88. The molecule has 1 aromatic carbocycles.